The molecule has 2 heterocycles. The van der Waals surface area contributed by atoms with Gasteiger partial charge in [0.2, 0.25) is 0 Å². The lowest BCUT2D eigenvalue weighted by Crippen LogP contribution is -2.31. The summed E-state index contributed by atoms with van der Waals surface area (Å²) in [5, 5.41) is 22.5. The van der Waals surface area contributed by atoms with E-state index in [0.29, 0.717) is 29.1 Å². The topological polar surface area (TPSA) is 119 Å². The van der Waals surface area contributed by atoms with Gasteiger partial charge in [-0.25, -0.2) is 4.98 Å². The first-order valence-electron chi connectivity index (χ1n) is 10.1. The number of ketones is 1. The molecule has 9 nitrogen and oxygen atoms in total. The Morgan fingerprint density at radius 2 is 1.79 bits per heavy atom. The Hall–Kier alpha value is -3.98. The normalized spacial score (nSPS) is 17.5. The predicted octanol–water partition coefficient (Wildman–Crippen LogP) is 3.96. The molecule has 1 aliphatic heterocycles. The summed E-state index contributed by atoms with van der Waals surface area (Å²) >= 11 is 5.93. The van der Waals surface area contributed by atoms with E-state index < -0.39 is 22.7 Å². The number of nitro benzene ring substituents is 1. The van der Waals surface area contributed by atoms with Crippen molar-refractivity contribution in [2.45, 2.75) is 19.0 Å². The fourth-order valence-corrected chi connectivity index (χ4v) is 3.97. The van der Waals surface area contributed by atoms with E-state index in [1.807, 2.05) is 4.57 Å². The van der Waals surface area contributed by atoms with Crippen molar-refractivity contribution in [2.75, 3.05) is 6.54 Å². The van der Waals surface area contributed by atoms with Crippen LogP contribution in [0.15, 0.2) is 72.8 Å². The molecule has 4 rings (SSSR count). The summed E-state index contributed by atoms with van der Waals surface area (Å²) in [4.78, 5) is 41.8. The van der Waals surface area contributed by atoms with Crippen LogP contribution < -0.4 is 0 Å². The lowest BCUT2D eigenvalue weighted by Gasteiger charge is -2.25. The Labute approximate surface area is 193 Å². The summed E-state index contributed by atoms with van der Waals surface area (Å²) in [6.45, 7) is 0.814. The van der Waals surface area contributed by atoms with Crippen LogP contribution in [0.4, 0.5) is 5.69 Å². The molecule has 0 spiro atoms. The number of aryl methyl sites for hydroxylation is 1. The molecule has 1 amide bonds. The molecule has 33 heavy (non-hydrogen) atoms. The van der Waals surface area contributed by atoms with Gasteiger partial charge in [0.1, 0.15) is 5.76 Å². The number of non-ortho nitro benzene ring substituents is 1. The summed E-state index contributed by atoms with van der Waals surface area (Å²) in [6.07, 6.45) is 5.63. The van der Waals surface area contributed by atoms with E-state index in [4.69, 9.17) is 11.6 Å². The Morgan fingerprint density at radius 3 is 2.39 bits per heavy atom. The number of likely N-dealkylation sites (tertiary alicyclic amines) is 1. The van der Waals surface area contributed by atoms with Crippen LogP contribution in [0, 0.1) is 10.1 Å². The van der Waals surface area contributed by atoms with E-state index in [1.165, 1.54) is 29.2 Å². The van der Waals surface area contributed by atoms with Crippen LogP contribution in [0.2, 0.25) is 5.02 Å². The summed E-state index contributed by atoms with van der Waals surface area (Å²) in [7, 11) is 0. The molecular formula is C23H19ClN4O5. The molecule has 1 aliphatic rings. The summed E-state index contributed by atoms with van der Waals surface area (Å²) in [6, 6.07) is 11.0. The number of nitro groups is 1. The highest BCUT2D eigenvalue weighted by Gasteiger charge is 2.45. The molecule has 0 saturated carbocycles. The van der Waals surface area contributed by atoms with Gasteiger partial charge < -0.3 is 14.6 Å². The number of Topliss-reactive ketones (excluding diaryl/α,β-unsaturated/α-hetero) is 1. The summed E-state index contributed by atoms with van der Waals surface area (Å²) in [5.74, 6) is -1.88. The molecule has 1 saturated heterocycles. The smallest absolute Gasteiger partial charge is 0.295 e. The van der Waals surface area contributed by atoms with Crippen LogP contribution in [0.5, 0.6) is 0 Å². The number of halogens is 1. The van der Waals surface area contributed by atoms with Crippen molar-refractivity contribution < 1.29 is 19.6 Å². The number of aromatic nitrogens is 2. The molecule has 1 aromatic heterocycles. The third-order valence-electron chi connectivity index (χ3n) is 5.45. The van der Waals surface area contributed by atoms with Gasteiger partial charge in [0.25, 0.3) is 17.4 Å². The molecule has 0 bridgehead atoms. The molecule has 0 aliphatic carbocycles. The minimum atomic E-state index is -0.885. The van der Waals surface area contributed by atoms with Crippen molar-refractivity contribution in [1.82, 2.24) is 14.5 Å². The minimum Gasteiger partial charge on any atom is -0.507 e. The number of aliphatic hydroxyl groups excluding tert-OH is 1. The number of hydrogen-bond acceptors (Lipinski definition) is 6. The molecule has 0 radical (unpaired) electrons. The first-order valence-corrected chi connectivity index (χ1v) is 10.5. The molecule has 10 heteroatoms. The van der Waals surface area contributed by atoms with E-state index in [2.05, 4.69) is 4.98 Å². The molecule has 1 fully saturated rings. The number of rotatable bonds is 7. The number of imidazole rings is 1. The molecular weight excluding hydrogens is 448 g/mol. The number of benzene rings is 2. The standard InChI is InChI=1S/C23H19ClN4O5/c24-17-6-2-16(3-7-17)21(29)19-20(15-4-8-18(9-5-15)28(32)33)27(23(31)22(19)30)12-1-11-26-13-10-25-14-26/h2-10,13-14,20,29H,1,11-12H2/b21-19+. The number of amides is 1. The first-order chi connectivity index (χ1) is 15.9. The van der Waals surface area contributed by atoms with Gasteiger partial charge in [-0.15, -0.1) is 0 Å². The zero-order valence-corrected chi connectivity index (χ0v) is 18.1. The highest BCUT2D eigenvalue weighted by atomic mass is 35.5. The first kappa shape index (κ1) is 22.2. The average molecular weight is 467 g/mol. The van der Waals surface area contributed by atoms with Crippen molar-refractivity contribution in [2.24, 2.45) is 0 Å². The zero-order valence-electron chi connectivity index (χ0n) is 17.3. The van der Waals surface area contributed by atoms with Crippen LogP contribution in [-0.2, 0) is 16.1 Å². The number of aliphatic hydroxyl groups is 1. The fourth-order valence-electron chi connectivity index (χ4n) is 3.84. The van der Waals surface area contributed by atoms with Crippen molar-refractivity contribution >= 4 is 34.7 Å². The Morgan fingerprint density at radius 1 is 1.09 bits per heavy atom. The van der Waals surface area contributed by atoms with Gasteiger partial charge in [0.15, 0.2) is 0 Å². The number of carbonyl (C=O) groups excluding carboxylic acids is 2. The van der Waals surface area contributed by atoms with Gasteiger partial charge in [0, 0.05) is 48.2 Å². The Kier molecular flexibility index (Phi) is 6.23. The van der Waals surface area contributed by atoms with Crippen LogP contribution in [0.3, 0.4) is 0 Å². The van der Waals surface area contributed by atoms with Gasteiger partial charge in [0.05, 0.1) is 22.9 Å². The maximum absolute atomic E-state index is 13.0. The molecule has 1 N–H and O–H groups in total. The molecule has 1 atom stereocenters. The van der Waals surface area contributed by atoms with Crippen LogP contribution >= 0.6 is 11.6 Å². The van der Waals surface area contributed by atoms with Crippen molar-refractivity contribution in [3.05, 3.63) is 99.1 Å². The van der Waals surface area contributed by atoms with Gasteiger partial charge in [-0.05, 0) is 48.4 Å². The zero-order chi connectivity index (χ0) is 23.5. The van der Waals surface area contributed by atoms with E-state index in [-0.39, 0.29) is 23.6 Å². The van der Waals surface area contributed by atoms with Gasteiger partial charge in [-0.2, -0.15) is 0 Å². The Bertz CT molecular complexity index is 1220. The van der Waals surface area contributed by atoms with Crippen LogP contribution in [0.1, 0.15) is 23.6 Å². The lowest BCUT2D eigenvalue weighted by molar-refractivity contribution is -0.384. The second-order valence-corrected chi connectivity index (χ2v) is 7.94. The highest BCUT2D eigenvalue weighted by molar-refractivity contribution is 6.46. The molecule has 2 aromatic carbocycles. The quantitative estimate of drug-likeness (QED) is 0.185. The summed E-state index contributed by atoms with van der Waals surface area (Å²) < 4.78 is 1.85. The summed E-state index contributed by atoms with van der Waals surface area (Å²) in [5.41, 5.74) is 0.632. The second-order valence-electron chi connectivity index (χ2n) is 7.50. The Balaban J connectivity index is 1.74. The van der Waals surface area contributed by atoms with Crippen LogP contribution in [0.25, 0.3) is 5.76 Å². The third-order valence-corrected chi connectivity index (χ3v) is 5.70. The maximum atomic E-state index is 13.0. The maximum Gasteiger partial charge on any atom is 0.295 e. The molecule has 3 aromatic rings. The SMILES string of the molecule is O=C1C(=O)N(CCCn2ccnc2)C(c2ccc([N+](=O)[O-])cc2)/C1=C(\O)c1ccc(Cl)cc1. The van der Waals surface area contributed by atoms with E-state index in [9.17, 15) is 24.8 Å². The van der Waals surface area contributed by atoms with E-state index in [0.717, 1.165) is 0 Å². The van der Waals surface area contributed by atoms with Crippen molar-refractivity contribution in [3.63, 3.8) is 0 Å². The third kappa shape index (κ3) is 4.49. The van der Waals surface area contributed by atoms with Gasteiger partial charge in [-0.3, -0.25) is 19.7 Å². The number of carbonyl (C=O) groups is 2. The lowest BCUT2D eigenvalue weighted by atomic mass is 9.95. The van der Waals surface area contributed by atoms with Crippen LogP contribution in [-0.4, -0.2) is 42.7 Å². The minimum absolute atomic E-state index is 0.0705. The molecule has 1 unspecified atom stereocenters. The number of hydrogen-bond donors (Lipinski definition) is 1. The van der Waals surface area contributed by atoms with Crippen molar-refractivity contribution in [3.8, 4) is 0 Å². The monoisotopic (exact) mass is 466 g/mol. The number of nitrogens with zero attached hydrogens (tertiary/aromatic N) is 4. The van der Waals surface area contributed by atoms with E-state index >= 15 is 0 Å². The largest absolute Gasteiger partial charge is 0.507 e. The van der Waals surface area contributed by atoms with Gasteiger partial charge in [-0.1, -0.05) is 11.6 Å². The fraction of sp³-hybridized carbons (Fsp3) is 0.174. The molecule has 168 valence electrons. The predicted molar refractivity (Wildman–Crippen MR) is 120 cm³/mol. The van der Waals surface area contributed by atoms with E-state index in [1.54, 1.807) is 43.0 Å². The second kappa shape index (κ2) is 9.25. The highest BCUT2D eigenvalue weighted by Crippen LogP contribution is 2.40. The average Bonchev–Trinajstić information content (AvgIpc) is 3.41. The van der Waals surface area contributed by atoms with Gasteiger partial charge >= 0.3 is 0 Å². The van der Waals surface area contributed by atoms with Crippen molar-refractivity contribution in [1.29, 1.82) is 0 Å².